The monoisotopic (exact) mass is 362 g/mol. The van der Waals surface area contributed by atoms with E-state index >= 15 is 0 Å². The van der Waals surface area contributed by atoms with E-state index in [-0.39, 0.29) is 12.2 Å². The van der Waals surface area contributed by atoms with Crippen molar-refractivity contribution in [2.45, 2.75) is 25.0 Å². The van der Waals surface area contributed by atoms with Gasteiger partial charge in [-0.05, 0) is 44.7 Å². The molecule has 90 valence electrons. The second kappa shape index (κ2) is 4.55. The minimum atomic E-state index is -0.0670. The Kier molecular flexibility index (Phi) is 3.06. The Morgan fingerprint density at radius 1 is 0.941 bits per heavy atom. The van der Waals surface area contributed by atoms with Crippen molar-refractivity contribution in [1.82, 2.24) is 10.3 Å². The van der Waals surface area contributed by atoms with Crippen molar-refractivity contribution < 1.29 is 13.8 Å². The van der Waals surface area contributed by atoms with E-state index in [4.69, 9.17) is 13.8 Å². The molecule has 0 radical (unpaired) electrons. The quantitative estimate of drug-likeness (QED) is 0.812. The van der Waals surface area contributed by atoms with Crippen molar-refractivity contribution in [2.75, 3.05) is 0 Å². The molecule has 2 atom stereocenters. The molecule has 0 aliphatic carbocycles. The molecule has 0 unspecified atom stereocenters. The lowest BCUT2D eigenvalue weighted by atomic mass is 10.1. The van der Waals surface area contributed by atoms with Gasteiger partial charge in [-0.25, -0.2) is 0 Å². The number of hydrogen-bond donors (Lipinski definition) is 0. The molecule has 3 rings (SSSR count). The van der Waals surface area contributed by atoms with E-state index in [0.717, 1.165) is 24.4 Å². The van der Waals surface area contributed by atoms with Gasteiger partial charge in [0, 0.05) is 12.1 Å². The first-order valence-corrected chi connectivity index (χ1v) is 6.70. The van der Waals surface area contributed by atoms with Crippen molar-refractivity contribution in [3.05, 3.63) is 32.9 Å². The zero-order chi connectivity index (χ0) is 11.8. The first-order chi connectivity index (χ1) is 8.22. The van der Waals surface area contributed by atoms with Crippen molar-refractivity contribution >= 4 is 31.9 Å². The van der Waals surface area contributed by atoms with Crippen LogP contribution in [0.4, 0.5) is 0 Å². The Hall–Kier alpha value is -0.660. The molecule has 7 heteroatoms. The number of halogens is 2. The van der Waals surface area contributed by atoms with Gasteiger partial charge in [-0.15, -0.1) is 0 Å². The predicted molar refractivity (Wildman–Crippen MR) is 64.2 cm³/mol. The van der Waals surface area contributed by atoms with Gasteiger partial charge < -0.3 is 13.8 Å². The molecule has 1 fully saturated rings. The standard InChI is InChI=1S/C10H8Br2N2O3/c11-9-3-7(16-13-9)5-1-2-6(15-5)8-4-10(12)14-17-8/h3-6H,1-2H2/t5-,6-/m1/s1. The molecule has 17 heavy (non-hydrogen) atoms. The van der Waals surface area contributed by atoms with Gasteiger partial charge in [0.2, 0.25) is 0 Å². The zero-order valence-electron chi connectivity index (χ0n) is 8.60. The summed E-state index contributed by atoms with van der Waals surface area (Å²) in [6.45, 7) is 0. The second-order valence-electron chi connectivity index (χ2n) is 3.79. The topological polar surface area (TPSA) is 61.3 Å². The molecule has 3 heterocycles. The van der Waals surface area contributed by atoms with Crippen LogP contribution in [0.25, 0.3) is 0 Å². The average molecular weight is 364 g/mol. The van der Waals surface area contributed by atoms with Crippen LogP contribution in [-0.4, -0.2) is 10.3 Å². The molecule has 1 saturated heterocycles. The van der Waals surface area contributed by atoms with E-state index in [1.54, 1.807) is 0 Å². The van der Waals surface area contributed by atoms with Crippen LogP contribution in [0, 0.1) is 0 Å². The van der Waals surface area contributed by atoms with Gasteiger partial charge in [0.1, 0.15) is 21.4 Å². The lowest BCUT2D eigenvalue weighted by Gasteiger charge is -2.07. The summed E-state index contributed by atoms with van der Waals surface area (Å²) in [6, 6.07) is 3.65. The number of nitrogens with zero attached hydrogens (tertiary/aromatic N) is 2. The molecule has 2 aromatic rings. The van der Waals surface area contributed by atoms with Crippen molar-refractivity contribution in [3.63, 3.8) is 0 Å². The summed E-state index contributed by atoms with van der Waals surface area (Å²) in [5.74, 6) is 1.47. The van der Waals surface area contributed by atoms with Crippen molar-refractivity contribution in [2.24, 2.45) is 0 Å². The highest BCUT2D eigenvalue weighted by molar-refractivity contribution is 9.10. The highest BCUT2D eigenvalue weighted by atomic mass is 79.9. The zero-order valence-corrected chi connectivity index (χ0v) is 11.8. The summed E-state index contributed by atoms with van der Waals surface area (Å²) < 4.78 is 17.5. The fraction of sp³-hybridized carbons (Fsp3) is 0.400. The molecule has 1 aliphatic rings. The molecule has 0 bridgehead atoms. The number of hydrogen-bond acceptors (Lipinski definition) is 5. The summed E-state index contributed by atoms with van der Waals surface area (Å²) in [5, 5.41) is 7.56. The number of aromatic nitrogens is 2. The van der Waals surface area contributed by atoms with Crippen molar-refractivity contribution in [3.8, 4) is 0 Å². The van der Waals surface area contributed by atoms with Gasteiger partial charge in [0.05, 0.1) is 0 Å². The van der Waals surface area contributed by atoms with Crippen LogP contribution in [0.5, 0.6) is 0 Å². The summed E-state index contributed by atoms with van der Waals surface area (Å²) in [7, 11) is 0. The summed E-state index contributed by atoms with van der Waals surface area (Å²) in [6.07, 6.45) is 1.63. The van der Waals surface area contributed by atoms with E-state index < -0.39 is 0 Å². The maximum absolute atomic E-state index is 5.85. The van der Waals surface area contributed by atoms with Gasteiger partial charge in [-0.1, -0.05) is 10.3 Å². The lowest BCUT2D eigenvalue weighted by molar-refractivity contribution is 0.0146. The molecule has 0 saturated carbocycles. The van der Waals surface area contributed by atoms with Gasteiger partial charge in [-0.3, -0.25) is 0 Å². The van der Waals surface area contributed by atoms with E-state index in [1.165, 1.54) is 0 Å². The van der Waals surface area contributed by atoms with E-state index in [0.29, 0.717) is 9.21 Å². The predicted octanol–water partition coefficient (Wildman–Crippen LogP) is 3.78. The van der Waals surface area contributed by atoms with Gasteiger partial charge in [0.15, 0.2) is 11.5 Å². The maximum atomic E-state index is 5.85. The molecular weight excluding hydrogens is 356 g/mol. The lowest BCUT2D eigenvalue weighted by Crippen LogP contribution is -1.97. The fourth-order valence-electron chi connectivity index (χ4n) is 1.89. The minimum Gasteiger partial charge on any atom is -0.359 e. The normalized spacial score (nSPS) is 24.4. The van der Waals surface area contributed by atoms with Crippen LogP contribution >= 0.6 is 31.9 Å². The minimum absolute atomic E-state index is 0.0670. The first-order valence-electron chi connectivity index (χ1n) is 5.12. The average Bonchev–Trinajstić information content (AvgIpc) is 2.96. The smallest absolute Gasteiger partial charge is 0.166 e. The Balaban J connectivity index is 1.73. The highest BCUT2D eigenvalue weighted by Crippen LogP contribution is 2.41. The van der Waals surface area contributed by atoms with Crippen LogP contribution in [0.3, 0.4) is 0 Å². The third-order valence-electron chi connectivity index (χ3n) is 2.65. The first kappa shape index (κ1) is 11.4. The van der Waals surface area contributed by atoms with E-state index in [9.17, 15) is 0 Å². The number of ether oxygens (including phenoxy) is 1. The summed E-state index contributed by atoms with van der Waals surface area (Å²) >= 11 is 6.49. The third-order valence-corrected chi connectivity index (χ3v) is 3.40. The molecule has 0 N–H and O–H groups in total. The number of rotatable bonds is 2. The molecule has 0 spiro atoms. The third kappa shape index (κ3) is 2.31. The van der Waals surface area contributed by atoms with Gasteiger partial charge in [0.25, 0.3) is 0 Å². The Morgan fingerprint density at radius 2 is 1.41 bits per heavy atom. The van der Waals surface area contributed by atoms with Crippen molar-refractivity contribution in [1.29, 1.82) is 0 Å². The molecule has 0 aromatic carbocycles. The van der Waals surface area contributed by atoms with Crippen LogP contribution in [0.1, 0.15) is 36.6 Å². The second-order valence-corrected chi connectivity index (χ2v) is 5.42. The molecule has 1 aliphatic heterocycles. The van der Waals surface area contributed by atoms with Crippen LogP contribution in [-0.2, 0) is 4.74 Å². The molecular formula is C10H8Br2N2O3. The van der Waals surface area contributed by atoms with Crippen LogP contribution in [0.15, 0.2) is 30.4 Å². The highest BCUT2D eigenvalue weighted by Gasteiger charge is 2.32. The van der Waals surface area contributed by atoms with E-state index in [1.807, 2.05) is 12.1 Å². The van der Waals surface area contributed by atoms with Crippen LogP contribution < -0.4 is 0 Å². The maximum Gasteiger partial charge on any atom is 0.166 e. The van der Waals surface area contributed by atoms with Gasteiger partial charge >= 0.3 is 0 Å². The fourth-order valence-corrected chi connectivity index (χ4v) is 2.49. The molecule has 5 nitrogen and oxygen atoms in total. The Morgan fingerprint density at radius 3 is 1.76 bits per heavy atom. The SMILES string of the molecule is Brc1cc([C@H]2CC[C@H](c3cc(Br)no3)O2)on1. The summed E-state index contributed by atoms with van der Waals surface area (Å²) in [5.41, 5.74) is 0. The van der Waals surface area contributed by atoms with Crippen LogP contribution in [0.2, 0.25) is 0 Å². The largest absolute Gasteiger partial charge is 0.359 e. The van der Waals surface area contributed by atoms with Gasteiger partial charge in [-0.2, -0.15) is 0 Å². The Labute approximate surface area is 114 Å². The molecule has 2 aromatic heterocycles. The molecule has 0 amide bonds. The van der Waals surface area contributed by atoms with E-state index in [2.05, 4.69) is 42.2 Å². The Bertz CT molecular complexity index is 479. The summed E-state index contributed by atoms with van der Waals surface area (Å²) in [4.78, 5) is 0.